The molecule has 2 rings (SSSR count). The fraction of sp³-hybridized carbons (Fsp3) is 0.647. The predicted molar refractivity (Wildman–Crippen MR) is 89.4 cm³/mol. The van der Waals surface area contributed by atoms with Crippen molar-refractivity contribution in [1.82, 2.24) is 4.90 Å². The standard InChI is InChI=1S/C17H27NO2.ClH/c1-3-15-4-6-17(7-5-15)20-13-16(19)12-18-10-8-14(2)9-11-18;/h4-7,14,16,19H,3,8-13H2,1-2H3;1H. The molecule has 1 fully saturated rings. The van der Waals surface area contributed by atoms with E-state index in [0.29, 0.717) is 6.61 Å². The van der Waals surface area contributed by atoms with E-state index in [0.717, 1.165) is 37.7 Å². The first kappa shape index (κ1) is 18.3. The Hall–Kier alpha value is -0.770. The van der Waals surface area contributed by atoms with Crippen molar-refractivity contribution in [2.24, 2.45) is 5.92 Å². The number of nitrogens with zero attached hydrogens (tertiary/aromatic N) is 1. The summed E-state index contributed by atoms with van der Waals surface area (Å²) in [7, 11) is 0. The van der Waals surface area contributed by atoms with Crippen LogP contribution in [0, 0.1) is 5.92 Å². The van der Waals surface area contributed by atoms with Gasteiger partial charge in [0.05, 0.1) is 0 Å². The molecule has 0 amide bonds. The molecule has 0 bridgehead atoms. The Labute approximate surface area is 134 Å². The molecule has 4 heteroatoms. The molecule has 1 atom stereocenters. The third-order valence-electron chi connectivity index (χ3n) is 4.12. The van der Waals surface area contributed by atoms with E-state index in [1.807, 2.05) is 12.1 Å². The van der Waals surface area contributed by atoms with Crippen LogP contribution >= 0.6 is 12.4 Å². The van der Waals surface area contributed by atoms with Crippen LogP contribution in [-0.2, 0) is 6.42 Å². The zero-order valence-electron chi connectivity index (χ0n) is 13.1. The van der Waals surface area contributed by atoms with E-state index in [1.54, 1.807) is 0 Å². The van der Waals surface area contributed by atoms with E-state index in [-0.39, 0.29) is 12.4 Å². The number of halogens is 1. The SMILES string of the molecule is CCc1ccc(OCC(O)CN2CCC(C)CC2)cc1.Cl. The first-order valence-electron chi connectivity index (χ1n) is 7.79. The summed E-state index contributed by atoms with van der Waals surface area (Å²) in [5.41, 5.74) is 1.31. The van der Waals surface area contributed by atoms with E-state index in [2.05, 4.69) is 30.9 Å². The van der Waals surface area contributed by atoms with Gasteiger partial charge in [-0.25, -0.2) is 0 Å². The predicted octanol–water partition coefficient (Wildman–Crippen LogP) is 3.14. The van der Waals surface area contributed by atoms with Crippen molar-refractivity contribution < 1.29 is 9.84 Å². The number of rotatable bonds is 6. The maximum Gasteiger partial charge on any atom is 0.119 e. The highest BCUT2D eigenvalue weighted by Crippen LogP contribution is 2.16. The van der Waals surface area contributed by atoms with E-state index in [4.69, 9.17) is 4.74 Å². The molecular formula is C17H28ClNO2. The molecule has 0 aromatic heterocycles. The fourth-order valence-electron chi connectivity index (χ4n) is 2.61. The van der Waals surface area contributed by atoms with Crippen molar-refractivity contribution in [3.8, 4) is 5.75 Å². The summed E-state index contributed by atoms with van der Waals surface area (Å²) in [5, 5.41) is 10.1. The van der Waals surface area contributed by atoms with Gasteiger partial charge in [-0.2, -0.15) is 0 Å². The van der Waals surface area contributed by atoms with Crippen molar-refractivity contribution in [3.63, 3.8) is 0 Å². The molecule has 1 N–H and O–H groups in total. The van der Waals surface area contributed by atoms with Gasteiger partial charge in [0.1, 0.15) is 18.5 Å². The molecule has 1 saturated heterocycles. The smallest absolute Gasteiger partial charge is 0.119 e. The Bertz CT molecular complexity index is 388. The summed E-state index contributed by atoms with van der Waals surface area (Å²) in [6, 6.07) is 8.11. The minimum atomic E-state index is -0.408. The highest BCUT2D eigenvalue weighted by molar-refractivity contribution is 5.85. The minimum Gasteiger partial charge on any atom is -0.491 e. The molecule has 1 heterocycles. The Morgan fingerprint density at radius 1 is 1.24 bits per heavy atom. The van der Waals surface area contributed by atoms with Crippen LogP contribution in [0.25, 0.3) is 0 Å². The number of hydrogen-bond acceptors (Lipinski definition) is 3. The van der Waals surface area contributed by atoms with Crippen molar-refractivity contribution in [2.45, 2.75) is 39.2 Å². The molecule has 0 aliphatic carbocycles. The Morgan fingerprint density at radius 3 is 2.43 bits per heavy atom. The first-order valence-corrected chi connectivity index (χ1v) is 7.79. The Morgan fingerprint density at radius 2 is 1.86 bits per heavy atom. The van der Waals surface area contributed by atoms with Gasteiger partial charge in [0.25, 0.3) is 0 Å². The van der Waals surface area contributed by atoms with Gasteiger partial charge in [-0.15, -0.1) is 12.4 Å². The number of hydrogen-bond donors (Lipinski definition) is 1. The molecule has 0 radical (unpaired) electrons. The summed E-state index contributed by atoms with van der Waals surface area (Å²) in [5.74, 6) is 1.67. The second-order valence-corrected chi connectivity index (χ2v) is 5.95. The maximum atomic E-state index is 10.1. The number of piperidine rings is 1. The molecule has 1 aliphatic heterocycles. The van der Waals surface area contributed by atoms with Crippen LogP contribution in [-0.4, -0.2) is 42.4 Å². The van der Waals surface area contributed by atoms with Gasteiger partial charge in [-0.05, 0) is 56.0 Å². The lowest BCUT2D eigenvalue weighted by molar-refractivity contribution is 0.0563. The van der Waals surface area contributed by atoms with Crippen molar-refractivity contribution in [1.29, 1.82) is 0 Å². The number of aliphatic hydroxyl groups excluding tert-OH is 1. The van der Waals surface area contributed by atoms with Crippen molar-refractivity contribution in [3.05, 3.63) is 29.8 Å². The monoisotopic (exact) mass is 313 g/mol. The lowest BCUT2D eigenvalue weighted by Gasteiger charge is -2.31. The average Bonchev–Trinajstić information content (AvgIpc) is 2.48. The molecular weight excluding hydrogens is 286 g/mol. The summed E-state index contributed by atoms with van der Waals surface area (Å²) < 4.78 is 5.65. The van der Waals surface area contributed by atoms with Gasteiger partial charge < -0.3 is 14.7 Å². The van der Waals surface area contributed by atoms with E-state index < -0.39 is 6.10 Å². The molecule has 1 unspecified atom stereocenters. The van der Waals surface area contributed by atoms with Gasteiger partial charge in [0, 0.05) is 6.54 Å². The largest absolute Gasteiger partial charge is 0.491 e. The number of aryl methyl sites for hydroxylation is 1. The van der Waals surface area contributed by atoms with Gasteiger partial charge in [-0.1, -0.05) is 26.0 Å². The molecule has 3 nitrogen and oxygen atoms in total. The number of likely N-dealkylation sites (tertiary alicyclic amines) is 1. The molecule has 1 aromatic rings. The number of aliphatic hydroxyl groups is 1. The lowest BCUT2D eigenvalue weighted by atomic mass is 9.99. The van der Waals surface area contributed by atoms with Crippen LogP contribution in [0.5, 0.6) is 5.75 Å². The van der Waals surface area contributed by atoms with Gasteiger partial charge in [0.2, 0.25) is 0 Å². The van der Waals surface area contributed by atoms with Crippen LogP contribution in [0.2, 0.25) is 0 Å². The van der Waals surface area contributed by atoms with Crippen LogP contribution in [0.4, 0.5) is 0 Å². The quantitative estimate of drug-likeness (QED) is 0.876. The summed E-state index contributed by atoms with van der Waals surface area (Å²) in [6.07, 6.45) is 3.11. The Balaban J connectivity index is 0.00000220. The van der Waals surface area contributed by atoms with Crippen molar-refractivity contribution >= 4 is 12.4 Å². The second-order valence-electron chi connectivity index (χ2n) is 5.95. The molecule has 21 heavy (non-hydrogen) atoms. The first-order chi connectivity index (χ1) is 9.67. The van der Waals surface area contributed by atoms with Crippen LogP contribution < -0.4 is 4.74 Å². The third kappa shape index (κ3) is 6.25. The van der Waals surface area contributed by atoms with Crippen LogP contribution in [0.15, 0.2) is 24.3 Å². The van der Waals surface area contributed by atoms with E-state index in [9.17, 15) is 5.11 Å². The summed E-state index contributed by atoms with van der Waals surface area (Å²) in [4.78, 5) is 2.34. The minimum absolute atomic E-state index is 0. The van der Waals surface area contributed by atoms with E-state index in [1.165, 1.54) is 18.4 Å². The molecule has 0 spiro atoms. The van der Waals surface area contributed by atoms with Crippen molar-refractivity contribution in [2.75, 3.05) is 26.2 Å². The lowest BCUT2D eigenvalue weighted by Crippen LogP contribution is -2.40. The number of benzene rings is 1. The van der Waals surface area contributed by atoms with Gasteiger partial charge >= 0.3 is 0 Å². The van der Waals surface area contributed by atoms with Gasteiger partial charge in [0.15, 0.2) is 0 Å². The Kier molecular flexibility index (Phi) is 8.09. The fourth-order valence-corrected chi connectivity index (χ4v) is 2.61. The normalized spacial score (nSPS) is 18.0. The number of ether oxygens (including phenoxy) is 1. The molecule has 1 aliphatic rings. The topological polar surface area (TPSA) is 32.7 Å². The molecule has 120 valence electrons. The maximum absolute atomic E-state index is 10.1. The second kappa shape index (κ2) is 9.29. The zero-order valence-corrected chi connectivity index (χ0v) is 13.9. The zero-order chi connectivity index (χ0) is 14.4. The molecule has 0 saturated carbocycles. The number of β-amino-alcohol motifs (C(OH)–C–C–N with tert-alkyl or cyclic N) is 1. The average molecular weight is 314 g/mol. The molecule has 1 aromatic carbocycles. The third-order valence-corrected chi connectivity index (χ3v) is 4.12. The highest BCUT2D eigenvalue weighted by Gasteiger charge is 2.18. The van der Waals surface area contributed by atoms with Gasteiger partial charge in [-0.3, -0.25) is 0 Å². The van der Waals surface area contributed by atoms with E-state index >= 15 is 0 Å². The summed E-state index contributed by atoms with van der Waals surface area (Å²) >= 11 is 0. The van der Waals surface area contributed by atoms with Crippen LogP contribution in [0.3, 0.4) is 0 Å². The van der Waals surface area contributed by atoms with Crippen LogP contribution in [0.1, 0.15) is 32.3 Å². The highest BCUT2D eigenvalue weighted by atomic mass is 35.5. The summed E-state index contributed by atoms with van der Waals surface area (Å²) in [6.45, 7) is 7.74.